The molecule has 0 bridgehead atoms. The van der Waals surface area contributed by atoms with Gasteiger partial charge in [0.2, 0.25) is 11.9 Å². The number of carbonyl (C=O) groups is 1. The number of nitrogens with zero attached hydrogens (tertiary/aromatic N) is 5. The van der Waals surface area contributed by atoms with Gasteiger partial charge in [-0.1, -0.05) is 30.3 Å². The van der Waals surface area contributed by atoms with E-state index in [4.69, 9.17) is 4.74 Å². The van der Waals surface area contributed by atoms with Gasteiger partial charge < -0.3 is 9.64 Å². The van der Waals surface area contributed by atoms with Gasteiger partial charge in [0.25, 0.3) is 0 Å². The SMILES string of the molecule is CN(C(=O)C1CCOCC1)C(Cc1ccccc1)C1CCN(Cc2cccn2-c2ncccn2)CC1. The maximum Gasteiger partial charge on any atom is 0.233 e. The average Bonchev–Trinajstić information content (AvgIpc) is 3.41. The number of carbonyl (C=O) groups excluding carboxylic acids is 1. The maximum atomic E-state index is 13.5. The van der Waals surface area contributed by atoms with Crippen molar-refractivity contribution in [2.24, 2.45) is 11.8 Å². The summed E-state index contributed by atoms with van der Waals surface area (Å²) in [7, 11) is 2.03. The van der Waals surface area contributed by atoms with Gasteiger partial charge in [0.05, 0.1) is 0 Å². The Labute approximate surface area is 214 Å². The summed E-state index contributed by atoms with van der Waals surface area (Å²) < 4.78 is 7.58. The second kappa shape index (κ2) is 11.8. The highest BCUT2D eigenvalue weighted by Gasteiger charge is 2.34. The third kappa shape index (κ3) is 5.85. The van der Waals surface area contributed by atoms with Crippen LogP contribution in [0, 0.1) is 11.8 Å². The van der Waals surface area contributed by atoms with Crippen molar-refractivity contribution in [1.82, 2.24) is 24.3 Å². The van der Waals surface area contributed by atoms with Crippen LogP contribution >= 0.6 is 0 Å². The lowest BCUT2D eigenvalue weighted by molar-refractivity contribution is -0.140. The Balaban J connectivity index is 1.25. The molecule has 36 heavy (non-hydrogen) atoms. The zero-order valence-corrected chi connectivity index (χ0v) is 21.2. The largest absolute Gasteiger partial charge is 0.381 e. The highest BCUT2D eigenvalue weighted by molar-refractivity contribution is 5.79. The molecule has 1 aromatic carbocycles. The molecule has 0 spiro atoms. The van der Waals surface area contributed by atoms with Gasteiger partial charge in [0.15, 0.2) is 0 Å². The van der Waals surface area contributed by atoms with E-state index in [2.05, 4.69) is 66.8 Å². The summed E-state index contributed by atoms with van der Waals surface area (Å²) in [4.78, 5) is 26.9. The van der Waals surface area contributed by atoms with E-state index in [9.17, 15) is 4.79 Å². The van der Waals surface area contributed by atoms with E-state index < -0.39 is 0 Å². The molecule has 190 valence electrons. The summed E-state index contributed by atoms with van der Waals surface area (Å²) in [5.74, 6) is 1.58. The fraction of sp³-hybridized carbons (Fsp3) is 0.483. The molecule has 2 saturated heterocycles. The molecule has 0 aliphatic carbocycles. The third-order valence-electron chi connectivity index (χ3n) is 7.87. The van der Waals surface area contributed by atoms with E-state index >= 15 is 0 Å². The van der Waals surface area contributed by atoms with E-state index in [-0.39, 0.29) is 12.0 Å². The summed E-state index contributed by atoms with van der Waals surface area (Å²) in [5.41, 5.74) is 2.50. The molecule has 1 atom stereocenters. The van der Waals surface area contributed by atoms with Gasteiger partial charge in [-0.15, -0.1) is 0 Å². The van der Waals surface area contributed by atoms with Gasteiger partial charge in [-0.3, -0.25) is 14.3 Å². The van der Waals surface area contributed by atoms with Gasteiger partial charge in [0.1, 0.15) is 0 Å². The zero-order chi connectivity index (χ0) is 24.7. The number of hydrogen-bond donors (Lipinski definition) is 0. The summed E-state index contributed by atoms with van der Waals surface area (Å²) in [5, 5.41) is 0. The van der Waals surface area contributed by atoms with E-state index in [1.807, 2.05) is 19.3 Å². The van der Waals surface area contributed by atoms with E-state index in [1.54, 1.807) is 12.4 Å². The smallest absolute Gasteiger partial charge is 0.233 e. The van der Waals surface area contributed by atoms with Gasteiger partial charge in [-0.05, 0) is 74.9 Å². The van der Waals surface area contributed by atoms with Crippen LogP contribution in [0.5, 0.6) is 0 Å². The van der Waals surface area contributed by atoms with E-state index in [1.165, 1.54) is 11.3 Å². The van der Waals surface area contributed by atoms with Crippen molar-refractivity contribution in [2.75, 3.05) is 33.4 Å². The summed E-state index contributed by atoms with van der Waals surface area (Å²) >= 11 is 0. The van der Waals surface area contributed by atoms with Crippen molar-refractivity contribution in [2.45, 2.75) is 44.7 Å². The predicted molar refractivity (Wildman–Crippen MR) is 140 cm³/mol. The van der Waals surface area contributed by atoms with Crippen LogP contribution in [0.4, 0.5) is 0 Å². The molecule has 3 aromatic rings. The number of likely N-dealkylation sites (N-methyl/N-ethyl adjacent to an activating group) is 1. The fourth-order valence-corrected chi connectivity index (χ4v) is 5.75. The fourth-order valence-electron chi connectivity index (χ4n) is 5.75. The number of benzene rings is 1. The first kappa shape index (κ1) is 24.7. The molecule has 2 aliphatic rings. The molecule has 2 aromatic heterocycles. The number of hydrogen-bond acceptors (Lipinski definition) is 5. The number of amides is 1. The van der Waals surface area contributed by atoms with Crippen LogP contribution < -0.4 is 0 Å². The highest BCUT2D eigenvalue weighted by atomic mass is 16.5. The van der Waals surface area contributed by atoms with E-state index in [0.29, 0.717) is 31.0 Å². The lowest BCUT2D eigenvalue weighted by Gasteiger charge is -2.41. The first-order valence-corrected chi connectivity index (χ1v) is 13.2. The van der Waals surface area contributed by atoms with Crippen molar-refractivity contribution in [3.63, 3.8) is 0 Å². The molecule has 4 heterocycles. The lowest BCUT2D eigenvalue weighted by Crippen LogP contribution is -2.49. The lowest BCUT2D eigenvalue weighted by atomic mass is 9.84. The maximum absolute atomic E-state index is 13.5. The number of piperidine rings is 1. The Morgan fingerprint density at radius 2 is 1.72 bits per heavy atom. The van der Waals surface area contributed by atoms with Gasteiger partial charge >= 0.3 is 0 Å². The number of aromatic nitrogens is 3. The molecule has 2 fully saturated rings. The predicted octanol–water partition coefficient (Wildman–Crippen LogP) is 3.98. The quantitative estimate of drug-likeness (QED) is 0.481. The Morgan fingerprint density at radius 1 is 1.00 bits per heavy atom. The summed E-state index contributed by atoms with van der Waals surface area (Å²) in [6.07, 6.45) is 10.4. The number of likely N-dealkylation sites (tertiary alicyclic amines) is 1. The molecule has 0 N–H and O–H groups in total. The van der Waals surface area contributed by atoms with Crippen LogP contribution in [-0.4, -0.2) is 69.6 Å². The minimum absolute atomic E-state index is 0.0927. The minimum atomic E-state index is 0.0927. The molecule has 0 saturated carbocycles. The molecule has 5 rings (SSSR count). The summed E-state index contributed by atoms with van der Waals surface area (Å²) in [6.45, 7) is 4.31. The van der Waals surface area contributed by atoms with Crippen LogP contribution in [0.3, 0.4) is 0 Å². The van der Waals surface area contributed by atoms with Crippen molar-refractivity contribution in [3.8, 4) is 5.95 Å². The van der Waals surface area contributed by atoms with Crippen LogP contribution in [0.2, 0.25) is 0 Å². The molecular formula is C29H37N5O2. The van der Waals surface area contributed by atoms with Crippen LogP contribution in [0.1, 0.15) is 36.9 Å². The van der Waals surface area contributed by atoms with Crippen molar-refractivity contribution in [3.05, 3.63) is 78.4 Å². The van der Waals surface area contributed by atoms with Crippen LogP contribution in [0.15, 0.2) is 67.1 Å². The van der Waals surface area contributed by atoms with Crippen LogP contribution in [-0.2, 0) is 22.5 Å². The second-order valence-electron chi connectivity index (χ2n) is 10.1. The molecule has 7 heteroatoms. The normalized spacial score (nSPS) is 18.7. The molecule has 0 radical (unpaired) electrons. The van der Waals surface area contributed by atoms with Gasteiger partial charge in [-0.25, -0.2) is 9.97 Å². The van der Waals surface area contributed by atoms with E-state index in [0.717, 1.165) is 51.7 Å². The van der Waals surface area contributed by atoms with Crippen molar-refractivity contribution >= 4 is 5.91 Å². The Morgan fingerprint density at radius 3 is 2.44 bits per heavy atom. The molecule has 7 nitrogen and oxygen atoms in total. The number of rotatable bonds is 8. The Hall–Kier alpha value is -3.03. The van der Waals surface area contributed by atoms with Crippen molar-refractivity contribution < 1.29 is 9.53 Å². The topological polar surface area (TPSA) is 63.5 Å². The molecule has 1 amide bonds. The third-order valence-corrected chi connectivity index (χ3v) is 7.87. The standard InChI is InChI=1S/C29H37N5O2/c1-32(28(35)25-12-19-36-20-13-25)27(21-23-7-3-2-4-8-23)24-10-17-33(18-11-24)22-26-9-5-16-34(26)29-30-14-6-15-31-29/h2-9,14-16,24-25,27H,10-13,17-22H2,1H3. The molecular weight excluding hydrogens is 450 g/mol. The molecule has 1 unspecified atom stereocenters. The summed E-state index contributed by atoms with van der Waals surface area (Å²) in [6, 6.07) is 16.9. The Bertz CT molecular complexity index is 1090. The molecule has 2 aliphatic heterocycles. The second-order valence-corrected chi connectivity index (χ2v) is 10.1. The first-order valence-electron chi connectivity index (χ1n) is 13.2. The zero-order valence-electron chi connectivity index (χ0n) is 21.2. The van der Waals surface area contributed by atoms with Gasteiger partial charge in [-0.2, -0.15) is 0 Å². The van der Waals surface area contributed by atoms with Crippen LogP contribution in [0.25, 0.3) is 5.95 Å². The number of ether oxygens (including phenoxy) is 1. The Kier molecular flexibility index (Phi) is 8.08. The van der Waals surface area contributed by atoms with Gasteiger partial charge in [0, 0.05) is 63.1 Å². The highest BCUT2D eigenvalue weighted by Crippen LogP contribution is 2.29. The monoisotopic (exact) mass is 487 g/mol. The average molecular weight is 488 g/mol. The minimum Gasteiger partial charge on any atom is -0.381 e. The van der Waals surface area contributed by atoms with Crippen molar-refractivity contribution in [1.29, 1.82) is 0 Å². The first-order chi connectivity index (χ1) is 17.7.